The van der Waals surface area contributed by atoms with Crippen molar-refractivity contribution in [1.29, 1.82) is 0 Å². The number of aromatic nitrogens is 1. The Labute approximate surface area is 109 Å². The van der Waals surface area contributed by atoms with Crippen molar-refractivity contribution in [3.63, 3.8) is 0 Å². The number of hydrogen-bond donors (Lipinski definition) is 0. The fraction of sp³-hybridized carbons (Fsp3) is 0.200. The van der Waals surface area contributed by atoms with E-state index in [1.54, 1.807) is 0 Å². The summed E-state index contributed by atoms with van der Waals surface area (Å²) < 4.78 is 2.00. The highest BCUT2D eigenvalue weighted by Crippen LogP contribution is 2.10. The van der Waals surface area contributed by atoms with Gasteiger partial charge in [0.1, 0.15) is 7.05 Å². The van der Waals surface area contributed by atoms with Crippen LogP contribution in [0, 0.1) is 0 Å². The molecule has 1 heterocycles. The molecule has 0 atom stereocenters. The summed E-state index contributed by atoms with van der Waals surface area (Å²) in [6.45, 7) is 0. The molecule has 0 spiro atoms. The first-order chi connectivity index (χ1) is 8.25. The molecular formula is C15H20N3+. The molecule has 0 unspecified atom stereocenters. The summed E-state index contributed by atoms with van der Waals surface area (Å²) in [5.41, 5.74) is 2.16. The van der Waals surface area contributed by atoms with Gasteiger partial charge in [0.25, 0.3) is 0 Å². The van der Waals surface area contributed by atoms with E-state index in [0.717, 1.165) is 11.3 Å². The van der Waals surface area contributed by atoms with Gasteiger partial charge in [-0.2, -0.15) is 5.10 Å². The number of hydrazone groups is 1. The summed E-state index contributed by atoms with van der Waals surface area (Å²) in [6.07, 6.45) is 5.86. The molecule has 0 radical (unpaired) electrons. The number of benzene rings is 1. The maximum atomic E-state index is 4.39. The number of aryl methyl sites for hydroxylation is 1. The summed E-state index contributed by atoms with van der Waals surface area (Å²) in [6, 6.07) is 14.1. The smallest absolute Gasteiger partial charge is 0.169 e. The topological polar surface area (TPSA) is 19.5 Å². The molecule has 0 saturated carbocycles. The maximum absolute atomic E-state index is 4.39. The van der Waals surface area contributed by atoms with Crippen LogP contribution in [-0.4, -0.2) is 13.3 Å². The molecule has 0 fully saturated rings. The van der Waals surface area contributed by atoms with E-state index in [9.17, 15) is 0 Å². The molecule has 3 heteroatoms. The van der Waals surface area contributed by atoms with Crippen LogP contribution in [-0.2, 0) is 7.05 Å². The SMILES string of the molecule is C.CN(/N=C/c1cc[n+](C)cc1)c1ccccc1. The molecule has 2 rings (SSSR count). The molecule has 0 N–H and O–H groups in total. The van der Waals surface area contributed by atoms with Crippen molar-refractivity contribution in [1.82, 2.24) is 0 Å². The Bertz CT molecular complexity index is 489. The van der Waals surface area contributed by atoms with E-state index in [1.807, 2.05) is 84.7 Å². The minimum absolute atomic E-state index is 0. The lowest BCUT2D eigenvalue weighted by Gasteiger charge is -2.11. The molecule has 1 aromatic carbocycles. The second kappa shape index (κ2) is 6.55. The molecule has 0 saturated heterocycles. The molecule has 3 nitrogen and oxygen atoms in total. The van der Waals surface area contributed by atoms with Crippen molar-refractivity contribution in [3.05, 3.63) is 60.4 Å². The fourth-order valence-corrected chi connectivity index (χ4v) is 1.46. The van der Waals surface area contributed by atoms with Gasteiger partial charge in [0.05, 0.1) is 11.9 Å². The fourth-order valence-electron chi connectivity index (χ4n) is 1.46. The monoisotopic (exact) mass is 242 g/mol. The average molecular weight is 242 g/mol. The first kappa shape index (κ1) is 13.9. The first-order valence-electron chi connectivity index (χ1n) is 5.54. The molecule has 0 aliphatic rings. The zero-order valence-electron chi connectivity index (χ0n) is 10.1. The summed E-state index contributed by atoms with van der Waals surface area (Å²) >= 11 is 0. The lowest BCUT2D eigenvalue weighted by Crippen LogP contribution is -2.25. The first-order valence-corrected chi connectivity index (χ1v) is 5.54. The Morgan fingerprint density at radius 2 is 1.67 bits per heavy atom. The number of para-hydroxylation sites is 1. The Morgan fingerprint density at radius 3 is 2.28 bits per heavy atom. The lowest BCUT2D eigenvalue weighted by atomic mass is 10.3. The van der Waals surface area contributed by atoms with Crippen molar-refractivity contribution in [2.24, 2.45) is 12.1 Å². The van der Waals surface area contributed by atoms with Crippen LogP contribution in [0.3, 0.4) is 0 Å². The minimum Gasteiger partial charge on any atom is -0.269 e. The third-order valence-electron chi connectivity index (χ3n) is 2.51. The maximum Gasteiger partial charge on any atom is 0.169 e. The van der Waals surface area contributed by atoms with Gasteiger partial charge < -0.3 is 0 Å². The van der Waals surface area contributed by atoms with Crippen molar-refractivity contribution < 1.29 is 4.57 Å². The Balaban J connectivity index is 0.00000162. The zero-order valence-corrected chi connectivity index (χ0v) is 10.1. The summed E-state index contributed by atoms with van der Waals surface area (Å²) in [7, 11) is 3.94. The van der Waals surface area contributed by atoms with Gasteiger partial charge in [0.15, 0.2) is 12.4 Å². The van der Waals surface area contributed by atoms with Gasteiger partial charge in [-0.15, -0.1) is 0 Å². The number of hydrogen-bond acceptors (Lipinski definition) is 2. The molecule has 18 heavy (non-hydrogen) atoms. The van der Waals surface area contributed by atoms with Crippen molar-refractivity contribution >= 4 is 11.9 Å². The standard InChI is InChI=1S/C14H16N3.CH4/c1-16-10-8-13(9-11-16)12-15-17(2)14-6-4-3-5-7-14;/h3-12H,1-2H3;1H4/q+1;. The third-order valence-corrected chi connectivity index (χ3v) is 2.51. The highest BCUT2D eigenvalue weighted by Gasteiger charge is 1.96. The van der Waals surface area contributed by atoms with E-state index in [0.29, 0.717) is 0 Å². The van der Waals surface area contributed by atoms with Gasteiger partial charge in [-0.1, -0.05) is 25.6 Å². The molecule has 0 aliphatic carbocycles. The highest BCUT2D eigenvalue weighted by atomic mass is 15.4. The van der Waals surface area contributed by atoms with Gasteiger partial charge in [0.2, 0.25) is 0 Å². The number of anilines is 1. The predicted molar refractivity (Wildman–Crippen MR) is 76.8 cm³/mol. The second-order valence-corrected chi connectivity index (χ2v) is 3.90. The lowest BCUT2D eigenvalue weighted by molar-refractivity contribution is -0.671. The van der Waals surface area contributed by atoms with E-state index in [1.165, 1.54) is 0 Å². The van der Waals surface area contributed by atoms with Gasteiger partial charge >= 0.3 is 0 Å². The molecule has 94 valence electrons. The molecule has 0 bridgehead atoms. The third kappa shape index (κ3) is 3.70. The minimum atomic E-state index is 0. The van der Waals surface area contributed by atoms with Crippen molar-refractivity contribution in [3.8, 4) is 0 Å². The van der Waals surface area contributed by atoms with Crippen LogP contribution in [0.1, 0.15) is 13.0 Å². The average Bonchev–Trinajstić information content (AvgIpc) is 2.39. The summed E-state index contributed by atoms with van der Waals surface area (Å²) in [4.78, 5) is 0. The molecule has 1 aromatic heterocycles. The van der Waals surface area contributed by atoms with E-state index in [-0.39, 0.29) is 7.43 Å². The largest absolute Gasteiger partial charge is 0.269 e. The van der Waals surface area contributed by atoms with Gasteiger partial charge in [0, 0.05) is 24.7 Å². The van der Waals surface area contributed by atoms with Crippen LogP contribution >= 0.6 is 0 Å². The molecular weight excluding hydrogens is 222 g/mol. The van der Waals surface area contributed by atoms with Crippen molar-refractivity contribution in [2.75, 3.05) is 12.1 Å². The van der Waals surface area contributed by atoms with Crippen LogP contribution < -0.4 is 9.58 Å². The van der Waals surface area contributed by atoms with Crippen LogP contribution in [0.25, 0.3) is 0 Å². The van der Waals surface area contributed by atoms with Crippen LogP contribution in [0.2, 0.25) is 0 Å². The van der Waals surface area contributed by atoms with Crippen LogP contribution in [0.4, 0.5) is 5.69 Å². The zero-order chi connectivity index (χ0) is 12.1. The normalized spacial score (nSPS) is 10.1. The highest BCUT2D eigenvalue weighted by molar-refractivity contribution is 5.79. The second-order valence-electron chi connectivity index (χ2n) is 3.90. The Hall–Kier alpha value is -2.16. The summed E-state index contributed by atoms with van der Waals surface area (Å²) in [5.74, 6) is 0. The molecule has 2 aromatic rings. The van der Waals surface area contributed by atoms with E-state index in [2.05, 4.69) is 5.10 Å². The van der Waals surface area contributed by atoms with E-state index in [4.69, 9.17) is 0 Å². The molecule has 0 aliphatic heterocycles. The van der Waals surface area contributed by atoms with E-state index < -0.39 is 0 Å². The van der Waals surface area contributed by atoms with Crippen molar-refractivity contribution in [2.45, 2.75) is 7.43 Å². The summed E-state index contributed by atoms with van der Waals surface area (Å²) in [5, 5.41) is 6.25. The van der Waals surface area contributed by atoms with Gasteiger partial charge in [-0.05, 0) is 12.1 Å². The number of pyridine rings is 1. The van der Waals surface area contributed by atoms with Gasteiger partial charge in [-0.25, -0.2) is 4.57 Å². The van der Waals surface area contributed by atoms with Gasteiger partial charge in [-0.3, -0.25) is 5.01 Å². The quantitative estimate of drug-likeness (QED) is 0.460. The molecule has 0 amide bonds. The predicted octanol–water partition coefficient (Wildman–Crippen LogP) is 2.62. The Kier molecular flexibility index (Phi) is 5.06. The van der Waals surface area contributed by atoms with Crippen LogP contribution in [0.5, 0.6) is 0 Å². The Morgan fingerprint density at radius 1 is 1.06 bits per heavy atom. The number of rotatable bonds is 3. The number of nitrogens with zero attached hydrogens (tertiary/aromatic N) is 3. The van der Waals surface area contributed by atoms with Crippen LogP contribution in [0.15, 0.2) is 60.0 Å². The van der Waals surface area contributed by atoms with E-state index >= 15 is 0 Å².